The third kappa shape index (κ3) is 3.32. The van der Waals surface area contributed by atoms with Gasteiger partial charge < -0.3 is 10.3 Å². The van der Waals surface area contributed by atoms with Crippen LogP contribution in [0.15, 0.2) is 72.8 Å². The number of fused-ring (bicyclic) bond motifs is 3. The predicted molar refractivity (Wildman–Crippen MR) is 128 cm³/mol. The van der Waals surface area contributed by atoms with E-state index in [9.17, 15) is 9.18 Å². The molecule has 157 valence electrons. The van der Waals surface area contributed by atoms with Crippen molar-refractivity contribution in [3.63, 3.8) is 0 Å². The van der Waals surface area contributed by atoms with Gasteiger partial charge in [-0.15, -0.1) is 0 Å². The Morgan fingerprint density at radius 1 is 0.969 bits per heavy atom. The van der Waals surface area contributed by atoms with Crippen LogP contribution in [0.1, 0.15) is 15.9 Å². The van der Waals surface area contributed by atoms with Crippen LogP contribution in [0, 0.1) is 11.9 Å². The van der Waals surface area contributed by atoms with Crippen molar-refractivity contribution in [1.29, 1.82) is 0 Å². The minimum Gasteiger partial charge on any atom is -0.366 e. The normalized spacial score (nSPS) is 11.3. The van der Waals surface area contributed by atoms with Gasteiger partial charge in [0.05, 0.1) is 17.6 Å². The van der Waals surface area contributed by atoms with Crippen molar-refractivity contribution in [3.05, 3.63) is 106 Å². The van der Waals surface area contributed by atoms with E-state index in [1.54, 1.807) is 54.6 Å². The fourth-order valence-electron chi connectivity index (χ4n) is 4.15. The van der Waals surface area contributed by atoms with Crippen LogP contribution in [-0.2, 0) is 6.54 Å². The van der Waals surface area contributed by atoms with Gasteiger partial charge in [0.25, 0.3) is 0 Å². The van der Waals surface area contributed by atoms with Crippen LogP contribution in [0.25, 0.3) is 32.9 Å². The monoisotopic (exact) mass is 461 g/mol. The number of primary amides is 1. The highest BCUT2D eigenvalue weighted by atomic mass is 35.5. The van der Waals surface area contributed by atoms with E-state index in [0.29, 0.717) is 32.1 Å². The number of benzene rings is 4. The van der Waals surface area contributed by atoms with E-state index >= 15 is 0 Å². The number of nitrogens with zero attached hydrogens (tertiary/aromatic N) is 1. The van der Waals surface area contributed by atoms with E-state index in [2.05, 4.69) is 6.07 Å². The quantitative estimate of drug-likeness (QED) is 0.312. The minimum atomic E-state index is -0.535. The van der Waals surface area contributed by atoms with Gasteiger partial charge in [-0.3, -0.25) is 4.79 Å². The molecule has 0 aliphatic carbocycles. The molecule has 3 nitrogen and oxygen atoms in total. The molecule has 0 aliphatic rings. The lowest BCUT2D eigenvalue weighted by Crippen LogP contribution is -2.11. The van der Waals surface area contributed by atoms with Crippen molar-refractivity contribution in [2.75, 3.05) is 0 Å². The summed E-state index contributed by atoms with van der Waals surface area (Å²) in [5.41, 5.74) is 9.56. The number of carbonyl (C=O) groups excluding carboxylic acids is 1. The third-order valence-corrected chi connectivity index (χ3v) is 6.23. The number of halogens is 3. The average Bonchev–Trinajstić information content (AvgIpc) is 3.08. The number of aromatic nitrogens is 1. The average molecular weight is 462 g/mol. The molecule has 2 N–H and O–H groups in total. The van der Waals surface area contributed by atoms with Gasteiger partial charge in [-0.1, -0.05) is 53.5 Å². The Morgan fingerprint density at radius 2 is 1.69 bits per heavy atom. The van der Waals surface area contributed by atoms with Gasteiger partial charge in [0.2, 0.25) is 5.91 Å². The molecule has 6 heteroatoms. The second kappa shape index (κ2) is 7.97. The largest absolute Gasteiger partial charge is 0.366 e. The molecular weight excluding hydrogens is 446 g/mol. The van der Waals surface area contributed by atoms with E-state index in [1.807, 2.05) is 16.7 Å². The number of carbonyl (C=O) groups is 1. The first-order valence-electron chi connectivity index (χ1n) is 9.90. The SMILES string of the molecule is NC(=O)c1cccc2c1c1[c]cc(-c3c(Cl)cccc3Cl)cc1n2Cc1ccccc1F. The Balaban J connectivity index is 1.85. The van der Waals surface area contributed by atoms with Gasteiger partial charge in [0.15, 0.2) is 0 Å². The fraction of sp³-hybridized carbons (Fsp3) is 0.0385. The summed E-state index contributed by atoms with van der Waals surface area (Å²) in [6.07, 6.45) is 0. The highest BCUT2D eigenvalue weighted by Gasteiger charge is 2.19. The first kappa shape index (κ1) is 20.6. The summed E-state index contributed by atoms with van der Waals surface area (Å²) in [7, 11) is 0. The molecule has 0 saturated heterocycles. The molecule has 1 amide bonds. The zero-order valence-electron chi connectivity index (χ0n) is 16.7. The molecule has 5 aromatic rings. The Hall–Kier alpha value is -3.34. The maximum absolute atomic E-state index is 14.5. The number of amides is 1. The highest BCUT2D eigenvalue weighted by Crippen LogP contribution is 2.39. The smallest absolute Gasteiger partial charge is 0.249 e. The van der Waals surface area contributed by atoms with E-state index < -0.39 is 5.91 Å². The summed E-state index contributed by atoms with van der Waals surface area (Å²) in [6, 6.07) is 24.3. The van der Waals surface area contributed by atoms with Crippen molar-refractivity contribution in [2.45, 2.75) is 6.54 Å². The predicted octanol–water partition coefficient (Wildman–Crippen LogP) is 6.85. The van der Waals surface area contributed by atoms with Crippen molar-refractivity contribution >= 4 is 50.9 Å². The van der Waals surface area contributed by atoms with Gasteiger partial charge in [-0.2, -0.15) is 0 Å². The Morgan fingerprint density at radius 3 is 2.41 bits per heavy atom. The van der Waals surface area contributed by atoms with Gasteiger partial charge in [-0.25, -0.2) is 4.39 Å². The van der Waals surface area contributed by atoms with Crippen LogP contribution in [0.4, 0.5) is 4.39 Å². The third-order valence-electron chi connectivity index (χ3n) is 5.60. The topological polar surface area (TPSA) is 48.0 Å². The van der Waals surface area contributed by atoms with Gasteiger partial charge in [0.1, 0.15) is 5.82 Å². The lowest BCUT2D eigenvalue weighted by atomic mass is 10.0. The van der Waals surface area contributed by atoms with Crippen LogP contribution in [0.5, 0.6) is 0 Å². The standard InChI is InChI=1S/C26H16Cl2FN2O/c27-19-7-4-8-20(28)24(19)15-11-12-17-23(13-15)31(14-16-5-1-2-9-21(16)29)22-10-3-6-18(25(17)22)26(30)32/h1-11,13H,14H2,(H2,30,32). The molecule has 0 aliphatic heterocycles. The van der Waals surface area contributed by atoms with E-state index in [-0.39, 0.29) is 12.4 Å². The molecule has 4 aromatic carbocycles. The molecule has 5 rings (SSSR count). The van der Waals surface area contributed by atoms with Crippen molar-refractivity contribution < 1.29 is 9.18 Å². The lowest BCUT2D eigenvalue weighted by molar-refractivity contribution is 0.100. The zero-order chi connectivity index (χ0) is 22.4. The molecule has 32 heavy (non-hydrogen) atoms. The van der Waals surface area contributed by atoms with Gasteiger partial charge >= 0.3 is 0 Å². The number of nitrogens with two attached hydrogens (primary N) is 1. The fourth-order valence-corrected chi connectivity index (χ4v) is 4.76. The minimum absolute atomic E-state index is 0.266. The van der Waals surface area contributed by atoms with Crippen LogP contribution in [0.3, 0.4) is 0 Å². The molecule has 0 atom stereocenters. The van der Waals surface area contributed by atoms with Crippen LogP contribution in [0.2, 0.25) is 10.0 Å². The van der Waals surface area contributed by atoms with Crippen LogP contribution in [-0.4, -0.2) is 10.5 Å². The second-order valence-corrected chi connectivity index (χ2v) is 8.30. The Bertz CT molecular complexity index is 1500. The number of rotatable bonds is 4. The molecule has 1 heterocycles. The molecule has 0 fully saturated rings. The maximum Gasteiger partial charge on any atom is 0.249 e. The van der Waals surface area contributed by atoms with Gasteiger partial charge in [-0.05, 0) is 54.1 Å². The number of hydrogen-bond donors (Lipinski definition) is 1. The summed E-state index contributed by atoms with van der Waals surface area (Å²) in [6.45, 7) is 0.266. The summed E-state index contributed by atoms with van der Waals surface area (Å²) >= 11 is 12.9. The molecular formula is C26H16Cl2FN2O. The molecule has 0 saturated carbocycles. The molecule has 0 spiro atoms. The van der Waals surface area contributed by atoms with E-state index in [0.717, 1.165) is 22.0 Å². The Kier molecular flexibility index (Phi) is 5.12. The summed E-state index contributed by atoms with van der Waals surface area (Å²) < 4.78 is 16.5. The van der Waals surface area contributed by atoms with Crippen molar-refractivity contribution in [1.82, 2.24) is 4.57 Å². The first-order valence-corrected chi connectivity index (χ1v) is 10.7. The lowest BCUT2D eigenvalue weighted by Gasteiger charge is -2.11. The summed E-state index contributed by atoms with van der Waals surface area (Å²) in [4.78, 5) is 12.2. The van der Waals surface area contributed by atoms with Crippen LogP contribution >= 0.6 is 23.2 Å². The highest BCUT2D eigenvalue weighted by molar-refractivity contribution is 6.39. The molecule has 0 bridgehead atoms. The molecule has 1 radical (unpaired) electrons. The summed E-state index contributed by atoms with van der Waals surface area (Å²) in [5, 5.41) is 2.43. The first-order chi connectivity index (χ1) is 15.5. The van der Waals surface area contributed by atoms with Crippen molar-refractivity contribution in [2.24, 2.45) is 5.73 Å². The van der Waals surface area contributed by atoms with E-state index in [4.69, 9.17) is 28.9 Å². The maximum atomic E-state index is 14.5. The molecule has 1 aromatic heterocycles. The second-order valence-electron chi connectivity index (χ2n) is 7.49. The number of hydrogen-bond acceptors (Lipinski definition) is 1. The van der Waals surface area contributed by atoms with Gasteiger partial charge in [0, 0.05) is 37.5 Å². The molecule has 0 unspecified atom stereocenters. The van der Waals surface area contributed by atoms with Crippen molar-refractivity contribution in [3.8, 4) is 11.1 Å². The van der Waals surface area contributed by atoms with E-state index in [1.165, 1.54) is 6.07 Å². The van der Waals surface area contributed by atoms with Crippen LogP contribution < -0.4 is 5.73 Å². The zero-order valence-corrected chi connectivity index (χ0v) is 18.2. The summed E-state index contributed by atoms with van der Waals surface area (Å²) in [5.74, 6) is -0.838. The Labute approximate surface area is 193 Å².